The van der Waals surface area contributed by atoms with Gasteiger partial charge in [-0.15, -0.1) is 0 Å². The van der Waals surface area contributed by atoms with Crippen molar-refractivity contribution in [1.29, 1.82) is 0 Å². The number of benzene rings is 1. The average molecular weight is 206 g/mol. The lowest BCUT2D eigenvalue weighted by Gasteiger charge is -2.18. The first-order valence-corrected chi connectivity index (χ1v) is 5.04. The number of hydrogen-bond donors (Lipinski definition) is 2. The molecule has 1 saturated carbocycles. The molecule has 0 bridgehead atoms. The second kappa shape index (κ2) is 3.35. The van der Waals surface area contributed by atoms with Gasteiger partial charge in [0.05, 0.1) is 11.5 Å². The van der Waals surface area contributed by atoms with Crippen molar-refractivity contribution in [3.8, 4) is 0 Å². The maximum atomic E-state index is 11.0. The van der Waals surface area contributed by atoms with Gasteiger partial charge in [-0.2, -0.15) is 0 Å². The zero-order chi connectivity index (χ0) is 11.1. The molecule has 1 aromatic carbocycles. The Hall–Kier alpha value is -1.35. The summed E-state index contributed by atoms with van der Waals surface area (Å²) in [4.78, 5) is 11.0. The molecule has 0 saturated heterocycles. The maximum Gasteiger partial charge on any atom is 0.312 e. The second-order valence-electron chi connectivity index (χ2n) is 4.28. The summed E-state index contributed by atoms with van der Waals surface area (Å²) in [5.41, 5.74) is 0.816. The summed E-state index contributed by atoms with van der Waals surface area (Å²) < 4.78 is 0. The topological polar surface area (TPSA) is 57.5 Å². The minimum Gasteiger partial charge on any atom is -0.481 e. The molecule has 80 valence electrons. The van der Waals surface area contributed by atoms with Crippen LogP contribution in [0.3, 0.4) is 0 Å². The Labute approximate surface area is 88.4 Å². The van der Waals surface area contributed by atoms with E-state index in [1.165, 1.54) is 0 Å². The molecule has 2 N–H and O–H groups in total. The van der Waals surface area contributed by atoms with Crippen molar-refractivity contribution in [1.82, 2.24) is 0 Å². The summed E-state index contributed by atoms with van der Waals surface area (Å²) in [6.45, 7) is 1.93. The molecular formula is C12H14O3. The van der Waals surface area contributed by atoms with Crippen LogP contribution in [0.15, 0.2) is 24.3 Å². The molecule has 1 aromatic rings. The highest BCUT2D eigenvalue weighted by molar-refractivity contribution is 5.79. The van der Waals surface area contributed by atoms with E-state index in [2.05, 4.69) is 0 Å². The van der Waals surface area contributed by atoms with Crippen molar-refractivity contribution in [2.45, 2.75) is 25.9 Å². The fraction of sp³-hybridized carbons (Fsp3) is 0.417. The number of aliphatic carboxylic acids is 1. The van der Waals surface area contributed by atoms with Gasteiger partial charge in [-0.05, 0) is 25.3 Å². The zero-order valence-corrected chi connectivity index (χ0v) is 8.60. The number of carboxylic acid groups (broad SMARTS) is 1. The number of aliphatic hydroxyl groups excluding tert-OH is 1. The first-order chi connectivity index (χ1) is 7.06. The summed E-state index contributed by atoms with van der Waals surface area (Å²) in [6.07, 6.45) is 0.254. The second-order valence-corrected chi connectivity index (χ2v) is 4.28. The molecule has 1 fully saturated rings. The van der Waals surface area contributed by atoms with Gasteiger partial charge in [0, 0.05) is 0 Å². The Bertz CT molecular complexity index is 394. The summed E-state index contributed by atoms with van der Waals surface area (Å²) >= 11 is 0. The molecular weight excluding hydrogens is 192 g/mol. The van der Waals surface area contributed by atoms with E-state index < -0.39 is 17.5 Å². The van der Waals surface area contributed by atoms with Crippen LogP contribution in [0.25, 0.3) is 0 Å². The van der Waals surface area contributed by atoms with E-state index >= 15 is 0 Å². The molecule has 0 radical (unpaired) electrons. The van der Waals surface area contributed by atoms with E-state index in [1.807, 2.05) is 25.1 Å². The van der Waals surface area contributed by atoms with Crippen molar-refractivity contribution in [3.05, 3.63) is 35.4 Å². The molecule has 15 heavy (non-hydrogen) atoms. The van der Waals surface area contributed by atoms with E-state index in [4.69, 9.17) is 5.11 Å². The highest BCUT2D eigenvalue weighted by Gasteiger charge is 2.56. The predicted octanol–water partition coefficient (Wildman–Crippen LogP) is 1.89. The highest BCUT2D eigenvalue weighted by Crippen LogP contribution is 2.55. The normalized spacial score (nSPS) is 19.6. The summed E-state index contributed by atoms with van der Waals surface area (Å²) in [5.74, 6) is -0.892. The molecule has 0 aromatic heterocycles. The molecule has 1 aliphatic rings. The maximum absolute atomic E-state index is 11.0. The zero-order valence-electron chi connectivity index (χ0n) is 8.60. The number of rotatable bonds is 3. The molecule has 0 heterocycles. The fourth-order valence-corrected chi connectivity index (χ4v) is 1.90. The van der Waals surface area contributed by atoms with Crippen LogP contribution < -0.4 is 0 Å². The van der Waals surface area contributed by atoms with E-state index in [9.17, 15) is 9.90 Å². The third-order valence-corrected chi connectivity index (χ3v) is 3.10. The molecule has 0 spiro atoms. The Morgan fingerprint density at radius 2 is 2.13 bits per heavy atom. The Balaban J connectivity index is 2.29. The number of carbonyl (C=O) groups is 1. The largest absolute Gasteiger partial charge is 0.481 e. The van der Waals surface area contributed by atoms with Crippen LogP contribution in [0.1, 0.15) is 30.1 Å². The van der Waals surface area contributed by atoms with Crippen LogP contribution in [-0.2, 0) is 4.79 Å². The number of aryl methyl sites for hydroxylation is 1. The lowest BCUT2D eigenvalue weighted by molar-refractivity contribution is -0.148. The van der Waals surface area contributed by atoms with Gasteiger partial charge >= 0.3 is 5.97 Å². The van der Waals surface area contributed by atoms with E-state index in [0.717, 1.165) is 5.56 Å². The van der Waals surface area contributed by atoms with Crippen molar-refractivity contribution in [3.63, 3.8) is 0 Å². The quantitative estimate of drug-likeness (QED) is 0.794. The van der Waals surface area contributed by atoms with Gasteiger partial charge in [-0.25, -0.2) is 0 Å². The van der Waals surface area contributed by atoms with Crippen LogP contribution in [0.4, 0.5) is 0 Å². The van der Waals surface area contributed by atoms with Crippen molar-refractivity contribution >= 4 is 5.97 Å². The van der Waals surface area contributed by atoms with Gasteiger partial charge in [0.15, 0.2) is 0 Å². The standard InChI is InChI=1S/C12H14O3/c1-8-3-2-4-9(7-8)10(13)12(5-6-12)11(14)15/h2-4,7,10,13H,5-6H2,1H3,(H,14,15). The molecule has 2 rings (SSSR count). The van der Waals surface area contributed by atoms with Crippen LogP contribution in [0.2, 0.25) is 0 Å². The van der Waals surface area contributed by atoms with Crippen LogP contribution in [0, 0.1) is 12.3 Å². The molecule has 0 aliphatic heterocycles. The Morgan fingerprint density at radius 1 is 1.47 bits per heavy atom. The molecule has 1 atom stereocenters. The van der Waals surface area contributed by atoms with Gasteiger partial charge in [0.2, 0.25) is 0 Å². The van der Waals surface area contributed by atoms with Gasteiger partial charge in [-0.1, -0.05) is 29.8 Å². The molecule has 3 heteroatoms. The molecule has 1 unspecified atom stereocenters. The minimum atomic E-state index is -0.923. The fourth-order valence-electron chi connectivity index (χ4n) is 1.90. The van der Waals surface area contributed by atoms with Crippen LogP contribution >= 0.6 is 0 Å². The third kappa shape index (κ3) is 1.63. The van der Waals surface area contributed by atoms with E-state index in [0.29, 0.717) is 18.4 Å². The summed E-state index contributed by atoms with van der Waals surface area (Å²) in [5, 5.41) is 19.1. The van der Waals surface area contributed by atoms with Crippen molar-refractivity contribution < 1.29 is 15.0 Å². The highest BCUT2D eigenvalue weighted by atomic mass is 16.4. The molecule has 1 aliphatic carbocycles. The number of hydrogen-bond acceptors (Lipinski definition) is 2. The van der Waals surface area contributed by atoms with Crippen LogP contribution in [-0.4, -0.2) is 16.2 Å². The van der Waals surface area contributed by atoms with E-state index in [-0.39, 0.29) is 0 Å². The first-order valence-electron chi connectivity index (χ1n) is 5.04. The monoisotopic (exact) mass is 206 g/mol. The van der Waals surface area contributed by atoms with Gasteiger partial charge in [0.25, 0.3) is 0 Å². The first kappa shape index (κ1) is 10.2. The average Bonchev–Trinajstić information content (AvgIpc) is 2.97. The summed E-state index contributed by atoms with van der Waals surface area (Å²) in [7, 11) is 0. The van der Waals surface area contributed by atoms with Gasteiger partial charge in [-0.3, -0.25) is 4.79 Å². The lowest BCUT2D eigenvalue weighted by Crippen LogP contribution is -2.23. The third-order valence-electron chi connectivity index (χ3n) is 3.10. The lowest BCUT2D eigenvalue weighted by atomic mass is 9.92. The smallest absolute Gasteiger partial charge is 0.312 e. The Kier molecular flexibility index (Phi) is 2.27. The number of carboxylic acids is 1. The SMILES string of the molecule is Cc1cccc(C(O)C2(C(=O)O)CC2)c1. The Morgan fingerprint density at radius 3 is 2.60 bits per heavy atom. The molecule has 0 amide bonds. The van der Waals surface area contributed by atoms with Crippen LogP contribution in [0.5, 0.6) is 0 Å². The molecule has 3 nitrogen and oxygen atoms in total. The van der Waals surface area contributed by atoms with Crippen molar-refractivity contribution in [2.24, 2.45) is 5.41 Å². The number of aliphatic hydroxyl groups is 1. The minimum absolute atomic E-state index is 0.567. The van der Waals surface area contributed by atoms with Crippen molar-refractivity contribution in [2.75, 3.05) is 0 Å². The van der Waals surface area contributed by atoms with E-state index in [1.54, 1.807) is 6.07 Å². The predicted molar refractivity (Wildman–Crippen MR) is 55.4 cm³/mol. The van der Waals surface area contributed by atoms with Gasteiger partial charge < -0.3 is 10.2 Å². The van der Waals surface area contributed by atoms with Gasteiger partial charge in [0.1, 0.15) is 0 Å². The summed E-state index contributed by atoms with van der Waals surface area (Å²) in [6, 6.07) is 7.39.